The number of ether oxygens (including phenoxy) is 3. The Morgan fingerprint density at radius 3 is 2.43 bits per heavy atom. The van der Waals surface area contributed by atoms with Gasteiger partial charge in [-0.3, -0.25) is 0 Å². The molecule has 7 heteroatoms. The van der Waals surface area contributed by atoms with Crippen molar-refractivity contribution in [1.82, 2.24) is 0 Å². The molecular formula is C14H20O6S. The number of benzene rings is 1. The Morgan fingerprint density at radius 1 is 1.24 bits per heavy atom. The Morgan fingerprint density at radius 2 is 1.90 bits per heavy atom. The molecule has 1 fully saturated rings. The summed E-state index contributed by atoms with van der Waals surface area (Å²) in [6.45, 7) is 3.03. The summed E-state index contributed by atoms with van der Waals surface area (Å²) in [7, 11) is -2.22. The van der Waals surface area contributed by atoms with Crippen molar-refractivity contribution in [2.24, 2.45) is 0 Å². The van der Waals surface area contributed by atoms with Gasteiger partial charge in [0.1, 0.15) is 22.9 Å². The summed E-state index contributed by atoms with van der Waals surface area (Å²) in [6.07, 6.45) is 0.548. The highest BCUT2D eigenvalue weighted by atomic mass is 32.2. The summed E-state index contributed by atoms with van der Waals surface area (Å²) < 4.78 is 45.4. The highest BCUT2D eigenvalue weighted by Crippen LogP contribution is 2.27. The van der Waals surface area contributed by atoms with Gasteiger partial charge in [0.2, 0.25) is 0 Å². The number of hydrogen-bond donors (Lipinski definition) is 0. The Bertz CT molecular complexity index is 545. The van der Waals surface area contributed by atoms with E-state index in [-0.39, 0.29) is 18.1 Å². The molecule has 0 aliphatic carbocycles. The Kier molecular flexibility index (Phi) is 5.08. The van der Waals surface area contributed by atoms with Gasteiger partial charge in [0.05, 0.1) is 13.7 Å². The quantitative estimate of drug-likeness (QED) is 0.712. The summed E-state index contributed by atoms with van der Waals surface area (Å²) in [5, 5.41) is 0. The average Bonchev–Trinajstić information content (AvgIpc) is 2.87. The minimum Gasteiger partial charge on any atom is -0.497 e. The maximum atomic E-state index is 12.2. The van der Waals surface area contributed by atoms with Crippen LogP contribution in [-0.4, -0.2) is 46.7 Å². The lowest BCUT2D eigenvalue weighted by Gasteiger charge is -2.26. The molecule has 0 bridgehead atoms. The van der Waals surface area contributed by atoms with Gasteiger partial charge in [-0.05, 0) is 31.2 Å². The second kappa shape index (κ2) is 6.64. The van der Waals surface area contributed by atoms with Crippen LogP contribution in [0.15, 0.2) is 24.3 Å². The van der Waals surface area contributed by atoms with Crippen molar-refractivity contribution in [3.05, 3.63) is 24.3 Å². The molecule has 1 aliphatic heterocycles. The number of methoxy groups -OCH3 is 1. The van der Waals surface area contributed by atoms with E-state index >= 15 is 0 Å². The van der Waals surface area contributed by atoms with Crippen LogP contribution < -0.4 is 8.92 Å². The molecular weight excluding hydrogens is 296 g/mol. The van der Waals surface area contributed by atoms with Crippen LogP contribution in [0.1, 0.15) is 13.3 Å². The standard InChI is InChI=1S/C14H20O6S/c1-3-19-14(8-9-18-10-14)11-21(15,16)20-13-6-4-12(17-2)5-7-13/h4-7H,3,8-11H2,1-2H3. The highest BCUT2D eigenvalue weighted by Gasteiger charge is 2.41. The molecule has 118 valence electrons. The van der Waals surface area contributed by atoms with Crippen molar-refractivity contribution in [3.63, 3.8) is 0 Å². The molecule has 0 N–H and O–H groups in total. The second-order valence-corrected chi connectivity index (χ2v) is 6.45. The van der Waals surface area contributed by atoms with Crippen molar-refractivity contribution >= 4 is 10.1 Å². The fourth-order valence-electron chi connectivity index (χ4n) is 2.29. The van der Waals surface area contributed by atoms with Crippen LogP contribution in [0.2, 0.25) is 0 Å². The van der Waals surface area contributed by atoms with Gasteiger partial charge in [-0.15, -0.1) is 0 Å². The van der Waals surface area contributed by atoms with Crippen LogP contribution in [-0.2, 0) is 19.6 Å². The molecule has 1 aromatic carbocycles. The molecule has 1 unspecified atom stereocenters. The van der Waals surface area contributed by atoms with Gasteiger partial charge in [-0.25, -0.2) is 0 Å². The maximum Gasteiger partial charge on any atom is 0.312 e. The molecule has 1 aliphatic rings. The molecule has 0 aromatic heterocycles. The topological polar surface area (TPSA) is 71.1 Å². The molecule has 0 radical (unpaired) electrons. The van der Waals surface area contributed by atoms with E-state index in [0.29, 0.717) is 25.4 Å². The van der Waals surface area contributed by atoms with Crippen LogP contribution in [0, 0.1) is 0 Å². The largest absolute Gasteiger partial charge is 0.497 e. The maximum absolute atomic E-state index is 12.2. The summed E-state index contributed by atoms with van der Waals surface area (Å²) >= 11 is 0. The molecule has 0 saturated carbocycles. The van der Waals surface area contributed by atoms with E-state index in [2.05, 4.69) is 0 Å². The zero-order valence-corrected chi connectivity index (χ0v) is 13.0. The van der Waals surface area contributed by atoms with Gasteiger partial charge in [-0.2, -0.15) is 8.42 Å². The smallest absolute Gasteiger partial charge is 0.312 e. The van der Waals surface area contributed by atoms with Crippen LogP contribution in [0.5, 0.6) is 11.5 Å². The first kappa shape index (κ1) is 16.1. The van der Waals surface area contributed by atoms with Gasteiger partial charge in [0.25, 0.3) is 0 Å². The zero-order chi connectivity index (χ0) is 15.3. The Hall–Kier alpha value is -1.31. The molecule has 6 nitrogen and oxygen atoms in total. The van der Waals surface area contributed by atoms with E-state index in [1.54, 1.807) is 31.4 Å². The third-order valence-electron chi connectivity index (χ3n) is 3.24. The van der Waals surface area contributed by atoms with E-state index in [9.17, 15) is 8.42 Å². The molecule has 0 amide bonds. The average molecular weight is 316 g/mol. The zero-order valence-electron chi connectivity index (χ0n) is 12.2. The minimum absolute atomic E-state index is 0.222. The van der Waals surface area contributed by atoms with Crippen molar-refractivity contribution < 1.29 is 26.8 Å². The van der Waals surface area contributed by atoms with Gasteiger partial charge < -0.3 is 18.4 Å². The SMILES string of the molecule is CCOC1(CS(=O)(=O)Oc2ccc(OC)cc2)CCOC1. The summed E-state index contributed by atoms with van der Waals surface area (Å²) in [5.41, 5.74) is -0.806. The predicted octanol–water partition coefficient (Wildman–Crippen LogP) is 1.60. The van der Waals surface area contributed by atoms with E-state index in [0.717, 1.165) is 0 Å². The molecule has 21 heavy (non-hydrogen) atoms. The van der Waals surface area contributed by atoms with E-state index in [1.807, 2.05) is 6.92 Å². The molecule has 2 rings (SSSR count). The van der Waals surface area contributed by atoms with Crippen LogP contribution in [0.25, 0.3) is 0 Å². The first-order chi connectivity index (χ1) is 9.99. The number of rotatable bonds is 7. The first-order valence-electron chi connectivity index (χ1n) is 6.76. The summed E-state index contributed by atoms with van der Waals surface area (Å²) in [4.78, 5) is 0. The minimum atomic E-state index is -3.76. The Balaban J connectivity index is 2.06. The third kappa shape index (κ3) is 4.33. The first-order valence-corrected chi connectivity index (χ1v) is 8.34. The highest BCUT2D eigenvalue weighted by molar-refractivity contribution is 7.87. The van der Waals surface area contributed by atoms with Crippen molar-refractivity contribution in [2.75, 3.05) is 32.7 Å². The lowest BCUT2D eigenvalue weighted by Crippen LogP contribution is -2.42. The monoisotopic (exact) mass is 316 g/mol. The molecule has 1 aromatic rings. The predicted molar refractivity (Wildman–Crippen MR) is 77.2 cm³/mol. The van der Waals surface area contributed by atoms with Gasteiger partial charge in [-0.1, -0.05) is 0 Å². The van der Waals surface area contributed by atoms with E-state index in [4.69, 9.17) is 18.4 Å². The molecule has 1 heterocycles. The third-order valence-corrected chi connectivity index (χ3v) is 4.57. The van der Waals surface area contributed by atoms with Gasteiger partial charge in [0.15, 0.2) is 0 Å². The van der Waals surface area contributed by atoms with Gasteiger partial charge >= 0.3 is 10.1 Å². The van der Waals surface area contributed by atoms with Crippen LogP contribution in [0.3, 0.4) is 0 Å². The van der Waals surface area contributed by atoms with Crippen molar-refractivity contribution in [1.29, 1.82) is 0 Å². The summed E-state index contributed by atoms with van der Waals surface area (Å²) in [6, 6.07) is 6.38. The van der Waals surface area contributed by atoms with Crippen molar-refractivity contribution in [3.8, 4) is 11.5 Å². The van der Waals surface area contributed by atoms with E-state index in [1.165, 1.54) is 0 Å². The Labute approximate surface area is 125 Å². The molecule has 1 atom stereocenters. The fraction of sp³-hybridized carbons (Fsp3) is 0.571. The molecule has 1 saturated heterocycles. The lowest BCUT2D eigenvalue weighted by molar-refractivity contribution is -0.0273. The number of hydrogen-bond acceptors (Lipinski definition) is 6. The van der Waals surface area contributed by atoms with Crippen LogP contribution >= 0.6 is 0 Å². The van der Waals surface area contributed by atoms with Crippen molar-refractivity contribution in [2.45, 2.75) is 18.9 Å². The van der Waals surface area contributed by atoms with Crippen LogP contribution in [0.4, 0.5) is 0 Å². The summed E-state index contributed by atoms with van der Waals surface area (Å²) in [5.74, 6) is 0.663. The molecule has 0 spiro atoms. The van der Waals surface area contributed by atoms with Gasteiger partial charge in [0, 0.05) is 19.6 Å². The fourth-order valence-corrected chi connectivity index (χ4v) is 3.71. The lowest BCUT2D eigenvalue weighted by atomic mass is 10.1. The normalized spacial score (nSPS) is 22.2. The second-order valence-electron chi connectivity index (χ2n) is 4.88. The van der Waals surface area contributed by atoms with E-state index < -0.39 is 15.7 Å².